The zero-order chi connectivity index (χ0) is 14.7. The highest BCUT2D eigenvalue weighted by Crippen LogP contribution is 2.23. The predicted molar refractivity (Wildman–Crippen MR) is 87.0 cm³/mol. The Morgan fingerprint density at radius 3 is 2.45 bits per heavy atom. The largest absolute Gasteiger partial charge is 0.363 e. The second kappa shape index (κ2) is 6.35. The average Bonchev–Trinajstić information content (AvgIpc) is 2.38. The molecule has 0 bridgehead atoms. The number of nitrogens with zero attached hydrogens (tertiary/aromatic N) is 2. The standard InChI is InChI=1S/C16H20BrN3/c1-10(2)16-19-14(17)9-15(20-16)18-12(4)13-8-6-5-7-11(13)3/h5-10,12H,1-4H3,(H,18,19,20). The van der Waals surface area contributed by atoms with Gasteiger partial charge in [-0.2, -0.15) is 0 Å². The first-order valence-corrected chi connectivity index (χ1v) is 7.63. The topological polar surface area (TPSA) is 37.8 Å². The molecule has 0 fully saturated rings. The number of anilines is 1. The highest BCUT2D eigenvalue weighted by molar-refractivity contribution is 9.10. The molecule has 4 heteroatoms. The van der Waals surface area contributed by atoms with Gasteiger partial charge in [-0.25, -0.2) is 9.97 Å². The molecule has 3 nitrogen and oxygen atoms in total. The van der Waals surface area contributed by atoms with Crippen LogP contribution in [0.2, 0.25) is 0 Å². The second-order valence-electron chi connectivity index (χ2n) is 5.31. The molecule has 0 aliphatic heterocycles. The van der Waals surface area contributed by atoms with Crippen LogP contribution in [-0.4, -0.2) is 9.97 Å². The van der Waals surface area contributed by atoms with Crippen molar-refractivity contribution < 1.29 is 0 Å². The van der Waals surface area contributed by atoms with E-state index in [0.29, 0.717) is 5.92 Å². The SMILES string of the molecule is Cc1ccccc1C(C)Nc1cc(Br)nc(C(C)C)n1. The summed E-state index contributed by atoms with van der Waals surface area (Å²) in [5.74, 6) is 2.01. The maximum Gasteiger partial charge on any atom is 0.134 e. The molecule has 2 rings (SSSR count). The molecule has 0 saturated heterocycles. The van der Waals surface area contributed by atoms with E-state index in [2.05, 4.69) is 83.2 Å². The minimum absolute atomic E-state index is 0.206. The maximum atomic E-state index is 4.58. The minimum atomic E-state index is 0.206. The van der Waals surface area contributed by atoms with Crippen LogP contribution in [0.4, 0.5) is 5.82 Å². The van der Waals surface area contributed by atoms with E-state index in [-0.39, 0.29) is 6.04 Å². The zero-order valence-electron chi connectivity index (χ0n) is 12.3. The fraction of sp³-hybridized carbons (Fsp3) is 0.375. The molecule has 1 aromatic heterocycles. The Hall–Kier alpha value is -1.42. The summed E-state index contributed by atoms with van der Waals surface area (Å²) in [5, 5.41) is 3.45. The third kappa shape index (κ3) is 3.57. The Bertz CT molecular complexity index is 596. The van der Waals surface area contributed by atoms with Crippen molar-refractivity contribution in [3.8, 4) is 0 Å². The Morgan fingerprint density at radius 2 is 1.80 bits per heavy atom. The lowest BCUT2D eigenvalue weighted by atomic mass is 10.0. The van der Waals surface area contributed by atoms with Gasteiger partial charge in [-0.1, -0.05) is 38.1 Å². The lowest BCUT2D eigenvalue weighted by molar-refractivity contribution is 0.763. The van der Waals surface area contributed by atoms with E-state index < -0.39 is 0 Å². The third-order valence-electron chi connectivity index (χ3n) is 3.25. The summed E-state index contributed by atoms with van der Waals surface area (Å²) in [7, 11) is 0. The van der Waals surface area contributed by atoms with E-state index in [0.717, 1.165) is 16.2 Å². The number of benzene rings is 1. The van der Waals surface area contributed by atoms with Gasteiger partial charge in [-0.15, -0.1) is 0 Å². The van der Waals surface area contributed by atoms with Gasteiger partial charge in [0.15, 0.2) is 0 Å². The molecule has 20 heavy (non-hydrogen) atoms. The van der Waals surface area contributed by atoms with Crippen LogP contribution in [0.15, 0.2) is 34.9 Å². The molecule has 106 valence electrons. The summed E-state index contributed by atoms with van der Waals surface area (Å²) >= 11 is 3.45. The molecule has 1 unspecified atom stereocenters. The van der Waals surface area contributed by atoms with Gasteiger partial charge < -0.3 is 5.32 Å². The summed E-state index contributed by atoms with van der Waals surface area (Å²) in [6, 6.07) is 10.5. The molecule has 0 aliphatic rings. The van der Waals surface area contributed by atoms with Crippen LogP contribution in [-0.2, 0) is 0 Å². The number of hydrogen-bond donors (Lipinski definition) is 1. The van der Waals surface area contributed by atoms with Crippen molar-refractivity contribution in [2.45, 2.75) is 39.7 Å². The second-order valence-corrected chi connectivity index (χ2v) is 6.12. The summed E-state index contributed by atoms with van der Waals surface area (Å²) in [4.78, 5) is 8.97. The lowest BCUT2D eigenvalue weighted by Crippen LogP contribution is -2.11. The van der Waals surface area contributed by atoms with Gasteiger partial charge in [0, 0.05) is 12.0 Å². The van der Waals surface area contributed by atoms with Crippen molar-refractivity contribution in [2.75, 3.05) is 5.32 Å². The molecule has 0 amide bonds. The van der Waals surface area contributed by atoms with Crippen molar-refractivity contribution >= 4 is 21.7 Å². The first kappa shape index (κ1) is 15.0. The fourth-order valence-corrected chi connectivity index (χ4v) is 2.54. The normalized spacial score (nSPS) is 12.5. The predicted octanol–water partition coefficient (Wildman–Crippen LogP) is 4.84. The molecule has 1 N–H and O–H groups in total. The van der Waals surface area contributed by atoms with Gasteiger partial charge in [0.2, 0.25) is 0 Å². The molecular formula is C16H20BrN3. The number of hydrogen-bond acceptors (Lipinski definition) is 3. The van der Waals surface area contributed by atoms with E-state index in [1.807, 2.05) is 6.07 Å². The molecule has 2 aromatic rings. The quantitative estimate of drug-likeness (QED) is 0.813. The third-order valence-corrected chi connectivity index (χ3v) is 3.65. The number of aryl methyl sites for hydroxylation is 1. The van der Waals surface area contributed by atoms with Crippen LogP contribution in [0, 0.1) is 6.92 Å². The summed E-state index contributed by atoms with van der Waals surface area (Å²) in [6.45, 7) is 8.46. The smallest absolute Gasteiger partial charge is 0.134 e. The van der Waals surface area contributed by atoms with Gasteiger partial charge in [0.1, 0.15) is 16.2 Å². The van der Waals surface area contributed by atoms with E-state index in [1.165, 1.54) is 11.1 Å². The highest BCUT2D eigenvalue weighted by atomic mass is 79.9. The Balaban J connectivity index is 2.24. The summed E-state index contributed by atoms with van der Waals surface area (Å²) in [5.41, 5.74) is 2.57. The van der Waals surface area contributed by atoms with Gasteiger partial charge in [0.25, 0.3) is 0 Å². The van der Waals surface area contributed by atoms with Crippen molar-refractivity contribution in [1.29, 1.82) is 0 Å². The fourth-order valence-electron chi connectivity index (χ4n) is 2.14. The van der Waals surface area contributed by atoms with Crippen LogP contribution < -0.4 is 5.32 Å². The first-order chi connectivity index (χ1) is 9.47. The summed E-state index contributed by atoms with van der Waals surface area (Å²) in [6.07, 6.45) is 0. The van der Waals surface area contributed by atoms with Gasteiger partial charge in [0.05, 0.1) is 6.04 Å². The molecule has 1 aromatic carbocycles. The zero-order valence-corrected chi connectivity index (χ0v) is 13.9. The first-order valence-electron chi connectivity index (χ1n) is 6.84. The number of nitrogens with one attached hydrogen (secondary N) is 1. The van der Waals surface area contributed by atoms with E-state index in [1.54, 1.807) is 0 Å². The molecule has 0 radical (unpaired) electrons. The van der Waals surface area contributed by atoms with Crippen LogP contribution in [0.25, 0.3) is 0 Å². The van der Waals surface area contributed by atoms with Crippen molar-refractivity contribution in [1.82, 2.24) is 9.97 Å². The van der Waals surface area contributed by atoms with Crippen LogP contribution in [0.1, 0.15) is 49.7 Å². The lowest BCUT2D eigenvalue weighted by Gasteiger charge is -2.18. The van der Waals surface area contributed by atoms with Gasteiger partial charge in [-0.05, 0) is 40.9 Å². The monoisotopic (exact) mass is 333 g/mol. The van der Waals surface area contributed by atoms with E-state index in [4.69, 9.17) is 0 Å². The molecular weight excluding hydrogens is 314 g/mol. The maximum absolute atomic E-state index is 4.58. The van der Waals surface area contributed by atoms with Crippen LogP contribution in [0.3, 0.4) is 0 Å². The van der Waals surface area contributed by atoms with Crippen molar-refractivity contribution in [3.63, 3.8) is 0 Å². The van der Waals surface area contributed by atoms with Gasteiger partial charge >= 0.3 is 0 Å². The van der Waals surface area contributed by atoms with Crippen molar-refractivity contribution in [2.24, 2.45) is 0 Å². The van der Waals surface area contributed by atoms with E-state index in [9.17, 15) is 0 Å². The number of rotatable bonds is 4. The molecule has 1 atom stereocenters. The molecule has 0 spiro atoms. The average molecular weight is 334 g/mol. The molecule has 0 saturated carbocycles. The molecule has 0 aliphatic carbocycles. The minimum Gasteiger partial charge on any atom is -0.363 e. The molecule has 1 heterocycles. The van der Waals surface area contributed by atoms with E-state index >= 15 is 0 Å². The van der Waals surface area contributed by atoms with Crippen LogP contribution in [0.5, 0.6) is 0 Å². The van der Waals surface area contributed by atoms with Crippen LogP contribution >= 0.6 is 15.9 Å². The Labute approximate surface area is 129 Å². The Kier molecular flexibility index (Phi) is 4.76. The van der Waals surface area contributed by atoms with Gasteiger partial charge in [-0.3, -0.25) is 0 Å². The number of halogens is 1. The summed E-state index contributed by atoms with van der Waals surface area (Å²) < 4.78 is 0.815. The Morgan fingerprint density at radius 1 is 1.10 bits per heavy atom. The highest BCUT2D eigenvalue weighted by Gasteiger charge is 2.11. The van der Waals surface area contributed by atoms with Crippen molar-refractivity contribution in [3.05, 3.63) is 51.9 Å². The number of aromatic nitrogens is 2.